The van der Waals surface area contributed by atoms with E-state index in [0.717, 1.165) is 17.5 Å². The molecule has 0 radical (unpaired) electrons. The lowest BCUT2D eigenvalue weighted by atomic mass is 9.84. The summed E-state index contributed by atoms with van der Waals surface area (Å²) in [4.78, 5) is 4.16. The highest BCUT2D eigenvalue weighted by molar-refractivity contribution is 14.0. The van der Waals surface area contributed by atoms with Crippen LogP contribution in [-0.2, 0) is 11.3 Å². The Balaban J connectivity index is 0.00000288. The van der Waals surface area contributed by atoms with Crippen LogP contribution in [0, 0.1) is 11.2 Å². The van der Waals surface area contributed by atoms with Crippen molar-refractivity contribution < 1.29 is 14.2 Å². The molecule has 0 aromatic heterocycles. The second-order valence-electron chi connectivity index (χ2n) is 5.79. The Kier molecular flexibility index (Phi) is 9.47. The molecule has 0 spiro atoms. The molecule has 1 aliphatic rings. The largest absolute Gasteiger partial charge is 0.396 e. The minimum absolute atomic E-state index is 0. The topological polar surface area (TPSA) is 65.9 Å². The maximum Gasteiger partial charge on any atom is 0.191 e. The van der Waals surface area contributed by atoms with Gasteiger partial charge in [-0.25, -0.2) is 4.39 Å². The Bertz CT molecular complexity index is 554. The third kappa shape index (κ3) is 6.12. The lowest BCUT2D eigenvalue weighted by Crippen LogP contribution is -2.44. The van der Waals surface area contributed by atoms with Crippen molar-refractivity contribution in [2.24, 2.45) is 10.4 Å². The van der Waals surface area contributed by atoms with Crippen LogP contribution in [0.15, 0.2) is 27.7 Å². The molecule has 136 valence electrons. The van der Waals surface area contributed by atoms with Crippen molar-refractivity contribution in [2.75, 3.05) is 33.4 Å². The lowest BCUT2D eigenvalue weighted by molar-refractivity contribution is 0.127. The summed E-state index contributed by atoms with van der Waals surface area (Å²) in [6.07, 6.45) is 1.61. The number of hydrogen-bond acceptors (Lipinski definition) is 3. The first-order valence-electron chi connectivity index (χ1n) is 7.66. The molecular weight excluding hydrogens is 492 g/mol. The number of aliphatic hydroxyl groups is 1. The predicted molar refractivity (Wildman–Crippen MR) is 107 cm³/mol. The van der Waals surface area contributed by atoms with Crippen LogP contribution in [0.1, 0.15) is 18.4 Å². The van der Waals surface area contributed by atoms with Crippen LogP contribution in [0.3, 0.4) is 0 Å². The van der Waals surface area contributed by atoms with E-state index in [4.69, 9.17) is 4.74 Å². The predicted octanol–water partition coefficient (Wildman–Crippen LogP) is 2.66. The number of aliphatic imine (C=N–C) groups is 1. The number of ether oxygens (including phenoxy) is 1. The monoisotopic (exact) mass is 515 g/mol. The van der Waals surface area contributed by atoms with Gasteiger partial charge in [0.05, 0.1) is 6.61 Å². The number of halogens is 3. The van der Waals surface area contributed by atoms with Crippen molar-refractivity contribution in [1.82, 2.24) is 10.6 Å². The summed E-state index contributed by atoms with van der Waals surface area (Å²) in [6.45, 7) is 2.50. The van der Waals surface area contributed by atoms with E-state index in [1.165, 1.54) is 6.07 Å². The molecule has 1 atom stereocenters. The number of benzene rings is 1. The number of nitrogens with zero attached hydrogens (tertiary/aromatic N) is 1. The zero-order chi connectivity index (χ0) is 16.7. The molecule has 1 aromatic rings. The van der Waals surface area contributed by atoms with E-state index in [1.807, 2.05) is 0 Å². The number of nitrogens with one attached hydrogen (secondary N) is 2. The summed E-state index contributed by atoms with van der Waals surface area (Å²) >= 11 is 3.34. The van der Waals surface area contributed by atoms with Crippen molar-refractivity contribution in [1.29, 1.82) is 0 Å². The molecule has 24 heavy (non-hydrogen) atoms. The maximum atomic E-state index is 13.8. The summed E-state index contributed by atoms with van der Waals surface area (Å²) in [5, 5.41) is 15.6. The first kappa shape index (κ1) is 21.6. The molecule has 1 heterocycles. The van der Waals surface area contributed by atoms with Crippen molar-refractivity contribution >= 4 is 45.9 Å². The molecule has 2 rings (SSSR count). The lowest BCUT2D eigenvalue weighted by Gasteiger charge is -2.27. The highest BCUT2D eigenvalue weighted by atomic mass is 127. The number of aliphatic hydroxyl groups excluding tert-OH is 1. The van der Waals surface area contributed by atoms with E-state index in [2.05, 4.69) is 31.6 Å². The Morgan fingerprint density at radius 1 is 1.46 bits per heavy atom. The molecule has 8 heteroatoms. The molecule has 1 saturated heterocycles. The average Bonchev–Trinajstić information content (AvgIpc) is 3.00. The van der Waals surface area contributed by atoms with E-state index in [-0.39, 0.29) is 41.8 Å². The number of rotatable bonds is 6. The van der Waals surface area contributed by atoms with E-state index in [1.54, 1.807) is 19.2 Å². The molecule has 3 N–H and O–H groups in total. The SMILES string of the molecule is CN=C(NCc1cc(Br)ccc1F)NCC1(CCO)CCOC1.I. The third-order valence-electron chi connectivity index (χ3n) is 4.14. The van der Waals surface area contributed by atoms with Gasteiger partial charge in [-0.2, -0.15) is 0 Å². The number of guanidine groups is 1. The fourth-order valence-electron chi connectivity index (χ4n) is 2.66. The highest BCUT2D eigenvalue weighted by Crippen LogP contribution is 2.31. The molecule has 0 aliphatic carbocycles. The average molecular weight is 516 g/mol. The minimum Gasteiger partial charge on any atom is -0.396 e. The fourth-order valence-corrected chi connectivity index (χ4v) is 3.07. The van der Waals surface area contributed by atoms with Gasteiger partial charge in [-0.3, -0.25) is 4.99 Å². The van der Waals surface area contributed by atoms with Crippen LogP contribution in [0.25, 0.3) is 0 Å². The van der Waals surface area contributed by atoms with Crippen LogP contribution in [0.5, 0.6) is 0 Å². The van der Waals surface area contributed by atoms with Crippen LogP contribution >= 0.6 is 39.9 Å². The molecule has 1 aromatic carbocycles. The van der Waals surface area contributed by atoms with Crippen LogP contribution < -0.4 is 10.6 Å². The molecule has 5 nitrogen and oxygen atoms in total. The first-order valence-corrected chi connectivity index (χ1v) is 8.45. The summed E-state index contributed by atoms with van der Waals surface area (Å²) in [6, 6.07) is 4.85. The zero-order valence-electron chi connectivity index (χ0n) is 13.6. The van der Waals surface area contributed by atoms with Gasteiger partial charge in [0.2, 0.25) is 0 Å². The molecule has 1 aliphatic heterocycles. The van der Waals surface area contributed by atoms with Gasteiger partial charge in [0.25, 0.3) is 0 Å². The molecule has 1 fully saturated rings. The Morgan fingerprint density at radius 2 is 2.25 bits per heavy atom. The van der Waals surface area contributed by atoms with Crippen molar-refractivity contribution in [2.45, 2.75) is 19.4 Å². The zero-order valence-corrected chi connectivity index (χ0v) is 17.6. The second kappa shape index (κ2) is 10.5. The van der Waals surface area contributed by atoms with Crippen LogP contribution in [-0.4, -0.2) is 44.5 Å². The Labute approximate surface area is 167 Å². The van der Waals surface area contributed by atoms with Gasteiger partial charge in [-0.05, 0) is 31.0 Å². The molecule has 1 unspecified atom stereocenters. The molecule has 0 bridgehead atoms. The van der Waals surface area contributed by atoms with Gasteiger partial charge >= 0.3 is 0 Å². The smallest absolute Gasteiger partial charge is 0.191 e. The van der Waals surface area contributed by atoms with Gasteiger partial charge in [0.1, 0.15) is 5.82 Å². The molecule has 0 amide bonds. The third-order valence-corrected chi connectivity index (χ3v) is 4.63. The highest BCUT2D eigenvalue weighted by Gasteiger charge is 2.34. The quantitative estimate of drug-likeness (QED) is 0.309. The van der Waals surface area contributed by atoms with Gasteiger partial charge in [-0.15, -0.1) is 24.0 Å². The van der Waals surface area contributed by atoms with Crippen molar-refractivity contribution in [3.63, 3.8) is 0 Å². The summed E-state index contributed by atoms with van der Waals surface area (Å²) in [5.74, 6) is 0.352. The van der Waals surface area contributed by atoms with Crippen molar-refractivity contribution in [3.05, 3.63) is 34.1 Å². The van der Waals surface area contributed by atoms with E-state index >= 15 is 0 Å². The van der Waals surface area contributed by atoms with Gasteiger partial charge in [-0.1, -0.05) is 15.9 Å². The molecule has 0 saturated carbocycles. The Hall–Kier alpha value is -0.450. The minimum atomic E-state index is -0.253. The van der Waals surface area contributed by atoms with E-state index in [0.29, 0.717) is 37.6 Å². The van der Waals surface area contributed by atoms with Gasteiger partial charge in [0, 0.05) is 48.8 Å². The van der Waals surface area contributed by atoms with Gasteiger partial charge in [0.15, 0.2) is 5.96 Å². The van der Waals surface area contributed by atoms with E-state index in [9.17, 15) is 9.50 Å². The maximum absolute atomic E-state index is 13.8. The van der Waals surface area contributed by atoms with Gasteiger partial charge < -0.3 is 20.5 Å². The standard InChI is InChI=1S/C16H23BrFN3O2.HI/c1-19-15(20-9-12-8-13(17)2-3-14(12)18)21-10-16(4-6-22)5-7-23-11-16;/h2-3,8,22H,4-7,9-11H2,1H3,(H2,19,20,21);1H. The Morgan fingerprint density at radius 3 is 2.88 bits per heavy atom. The molecular formula is C16H24BrFIN3O2. The summed E-state index contributed by atoms with van der Waals surface area (Å²) < 4.78 is 20.1. The van der Waals surface area contributed by atoms with Crippen molar-refractivity contribution in [3.8, 4) is 0 Å². The normalized spacial score (nSPS) is 20.6. The number of hydrogen-bond donors (Lipinski definition) is 3. The summed E-state index contributed by atoms with van der Waals surface area (Å²) in [5.41, 5.74) is 0.504. The van der Waals surface area contributed by atoms with Crippen LogP contribution in [0.2, 0.25) is 0 Å². The fraction of sp³-hybridized carbons (Fsp3) is 0.562. The first-order chi connectivity index (χ1) is 11.1. The van der Waals surface area contributed by atoms with Crippen LogP contribution in [0.4, 0.5) is 4.39 Å². The second-order valence-corrected chi connectivity index (χ2v) is 6.71. The van der Waals surface area contributed by atoms with E-state index < -0.39 is 0 Å². The summed E-state index contributed by atoms with van der Waals surface area (Å²) in [7, 11) is 1.68.